The number of urea groups is 1. The van der Waals surface area contributed by atoms with Crippen molar-refractivity contribution in [2.75, 3.05) is 11.5 Å². The van der Waals surface area contributed by atoms with Gasteiger partial charge < -0.3 is 14.9 Å². The Labute approximate surface area is 172 Å². The number of nitrogens with zero attached hydrogens (tertiary/aromatic N) is 1. The molecule has 3 N–H and O–H groups in total. The first-order valence-electron chi connectivity index (χ1n) is 8.11. The first kappa shape index (κ1) is 20.1. The Bertz CT molecular complexity index is 1050. The number of aromatic hydroxyl groups is 1. The summed E-state index contributed by atoms with van der Waals surface area (Å²) in [7, 11) is 0. The number of benzene rings is 2. The number of rotatable bonds is 5. The minimum absolute atomic E-state index is 0.0557. The Kier molecular flexibility index (Phi) is 5.64. The molecule has 0 unspecified atom stereocenters. The Hall–Kier alpha value is -3.66. The van der Waals surface area contributed by atoms with Gasteiger partial charge in [0, 0.05) is 10.0 Å². The quantitative estimate of drug-likeness (QED) is 0.460. The van der Waals surface area contributed by atoms with Gasteiger partial charge in [-0.15, -0.1) is 0 Å². The second-order valence-corrected chi connectivity index (χ2v) is 6.75. The maximum atomic E-state index is 12.9. The number of ether oxygens (including phenoxy) is 1. The first-order chi connectivity index (χ1) is 13.8. The molecule has 1 saturated heterocycles. The van der Waals surface area contributed by atoms with E-state index in [4.69, 9.17) is 9.84 Å². The van der Waals surface area contributed by atoms with Crippen molar-refractivity contribution in [2.45, 2.75) is 0 Å². The van der Waals surface area contributed by atoms with Crippen molar-refractivity contribution in [2.24, 2.45) is 0 Å². The molecule has 0 radical (unpaired) electrons. The number of carbonyl (C=O) groups is 4. The van der Waals surface area contributed by atoms with Gasteiger partial charge in [-0.1, -0.05) is 15.9 Å². The number of hydrogen-bond acceptors (Lipinski definition) is 6. The molecule has 9 nitrogen and oxygen atoms in total. The van der Waals surface area contributed by atoms with E-state index in [-0.39, 0.29) is 28.3 Å². The molecular formula is C19H13BrN2O7. The van der Waals surface area contributed by atoms with Crippen molar-refractivity contribution in [3.8, 4) is 11.5 Å². The lowest BCUT2D eigenvalue weighted by Crippen LogP contribution is -2.54. The molecule has 148 valence electrons. The van der Waals surface area contributed by atoms with Gasteiger partial charge in [-0.3, -0.25) is 14.9 Å². The van der Waals surface area contributed by atoms with Gasteiger partial charge in [0.25, 0.3) is 11.8 Å². The average molecular weight is 461 g/mol. The summed E-state index contributed by atoms with van der Waals surface area (Å²) in [5.41, 5.74) is 0.0652. The lowest BCUT2D eigenvalue weighted by molar-refractivity contribution is -0.139. The van der Waals surface area contributed by atoms with Gasteiger partial charge in [0.1, 0.15) is 17.1 Å². The second kappa shape index (κ2) is 8.15. The Morgan fingerprint density at radius 3 is 2.48 bits per heavy atom. The molecule has 3 rings (SSSR count). The number of aliphatic carboxylic acids is 1. The maximum absolute atomic E-state index is 12.9. The van der Waals surface area contributed by atoms with E-state index in [0.717, 1.165) is 4.90 Å². The Morgan fingerprint density at radius 1 is 1.14 bits per heavy atom. The highest BCUT2D eigenvalue weighted by atomic mass is 79.9. The van der Waals surface area contributed by atoms with Crippen LogP contribution in [-0.4, -0.2) is 40.6 Å². The number of carboxylic acids is 1. The van der Waals surface area contributed by atoms with E-state index in [9.17, 15) is 24.3 Å². The second-order valence-electron chi connectivity index (χ2n) is 5.84. The molecule has 2 aromatic rings. The monoisotopic (exact) mass is 460 g/mol. The number of imide groups is 2. The highest BCUT2D eigenvalue weighted by Crippen LogP contribution is 2.28. The fourth-order valence-electron chi connectivity index (χ4n) is 2.55. The number of hydrogen-bond donors (Lipinski definition) is 3. The van der Waals surface area contributed by atoms with Crippen molar-refractivity contribution < 1.29 is 34.1 Å². The molecule has 2 aromatic carbocycles. The molecule has 29 heavy (non-hydrogen) atoms. The molecule has 0 bridgehead atoms. The molecule has 1 aliphatic heterocycles. The number of phenols is 1. The van der Waals surface area contributed by atoms with E-state index in [0.29, 0.717) is 4.47 Å². The minimum atomic E-state index is -1.19. The molecule has 1 heterocycles. The van der Waals surface area contributed by atoms with Crippen LogP contribution in [0.4, 0.5) is 10.5 Å². The highest BCUT2D eigenvalue weighted by molar-refractivity contribution is 9.10. The zero-order chi connectivity index (χ0) is 21.1. The lowest BCUT2D eigenvalue weighted by atomic mass is 10.1. The highest BCUT2D eigenvalue weighted by Gasteiger charge is 2.37. The van der Waals surface area contributed by atoms with E-state index in [1.165, 1.54) is 42.5 Å². The van der Waals surface area contributed by atoms with Gasteiger partial charge >= 0.3 is 12.0 Å². The summed E-state index contributed by atoms with van der Waals surface area (Å²) < 4.78 is 5.79. The molecule has 10 heteroatoms. The molecule has 0 aromatic heterocycles. The van der Waals surface area contributed by atoms with Crippen molar-refractivity contribution in [1.82, 2.24) is 5.32 Å². The van der Waals surface area contributed by atoms with Gasteiger partial charge in [-0.25, -0.2) is 14.5 Å². The largest absolute Gasteiger partial charge is 0.508 e. The SMILES string of the molecule is O=C(O)COc1ccc(Br)cc1/C=C1\C(=O)NC(=O)N(c2ccc(O)cc2)C1=O. The average Bonchev–Trinajstić information content (AvgIpc) is 2.65. The van der Waals surface area contributed by atoms with Crippen molar-refractivity contribution >= 4 is 51.5 Å². The molecule has 1 fully saturated rings. The van der Waals surface area contributed by atoms with Crippen LogP contribution in [0.2, 0.25) is 0 Å². The minimum Gasteiger partial charge on any atom is -0.508 e. The summed E-state index contributed by atoms with van der Waals surface area (Å²) in [6.45, 7) is -0.615. The van der Waals surface area contributed by atoms with Gasteiger partial charge in [0.05, 0.1) is 5.69 Å². The summed E-state index contributed by atoms with van der Waals surface area (Å²) in [5, 5.41) is 20.3. The fraction of sp³-hybridized carbons (Fsp3) is 0.0526. The van der Waals surface area contributed by atoms with Crippen molar-refractivity contribution in [1.29, 1.82) is 0 Å². The number of nitrogens with one attached hydrogen (secondary N) is 1. The summed E-state index contributed by atoms with van der Waals surface area (Å²) in [6, 6.07) is 8.97. The molecular weight excluding hydrogens is 448 g/mol. The van der Waals surface area contributed by atoms with E-state index < -0.39 is 30.4 Å². The van der Waals surface area contributed by atoms with E-state index in [1.54, 1.807) is 6.07 Å². The smallest absolute Gasteiger partial charge is 0.341 e. The number of anilines is 1. The summed E-state index contributed by atoms with van der Waals surface area (Å²) in [5.74, 6) is -2.90. The van der Waals surface area contributed by atoms with Crippen LogP contribution in [-0.2, 0) is 14.4 Å². The third-order valence-corrected chi connectivity index (χ3v) is 4.33. The van der Waals surface area contributed by atoms with E-state index >= 15 is 0 Å². The zero-order valence-corrected chi connectivity index (χ0v) is 16.2. The zero-order valence-electron chi connectivity index (χ0n) is 14.6. The molecule has 0 spiro atoms. The number of phenolic OH excluding ortho intramolecular Hbond substituents is 1. The van der Waals surface area contributed by atoms with E-state index in [2.05, 4.69) is 21.2 Å². The van der Waals surface area contributed by atoms with Crippen molar-refractivity contribution in [3.05, 3.63) is 58.1 Å². The topological polar surface area (TPSA) is 133 Å². The van der Waals surface area contributed by atoms with Gasteiger partial charge in [0.15, 0.2) is 6.61 Å². The van der Waals surface area contributed by atoms with Crippen LogP contribution in [0.1, 0.15) is 5.56 Å². The van der Waals surface area contributed by atoms with Gasteiger partial charge in [-0.2, -0.15) is 0 Å². The first-order valence-corrected chi connectivity index (χ1v) is 8.90. The number of carbonyl (C=O) groups excluding carboxylic acids is 3. The van der Waals surface area contributed by atoms with Gasteiger partial charge in [0.2, 0.25) is 0 Å². The number of amides is 4. The van der Waals surface area contributed by atoms with Crippen LogP contribution in [0.5, 0.6) is 11.5 Å². The standard InChI is InChI=1S/C19H13BrN2O7/c20-11-1-6-15(29-9-16(24)25)10(7-11)8-14-17(26)21-19(28)22(18(14)27)12-2-4-13(23)5-3-12/h1-8,23H,9H2,(H,24,25)(H,21,26,28)/b14-8+. The van der Waals surface area contributed by atoms with Crippen LogP contribution < -0.4 is 15.0 Å². The van der Waals surface area contributed by atoms with Gasteiger partial charge in [-0.05, 0) is 48.5 Å². The predicted octanol–water partition coefficient (Wildman–Crippen LogP) is 2.28. The normalized spacial score (nSPS) is 15.4. The van der Waals surface area contributed by atoms with Crippen LogP contribution in [0, 0.1) is 0 Å². The molecule has 0 aliphatic carbocycles. The molecule has 4 amide bonds. The van der Waals surface area contributed by atoms with Crippen LogP contribution >= 0.6 is 15.9 Å². The third kappa shape index (κ3) is 4.43. The van der Waals surface area contributed by atoms with Crippen LogP contribution in [0.3, 0.4) is 0 Å². The van der Waals surface area contributed by atoms with E-state index in [1.807, 2.05) is 0 Å². The molecule has 1 aliphatic rings. The van der Waals surface area contributed by atoms with Crippen LogP contribution in [0.15, 0.2) is 52.5 Å². The maximum Gasteiger partial charge on any atom is 0.341 e. The Morgan fingerprint density at radius 2 is 1.83 bits per heavy atom. The third-order valence-electron chi connectivity index (χ3n) is 3.83. The fourth-order valence-corrected chi connectivity index (χ4v) is 2.93. The molecule has 0 saturated carbocycles. The summed E-state index contributed by atoms with van der Waals surface area (Å²) in [6.07, 6.45) is 1.21. The summed E-state index contributed by atoms with van der Waals surface area (Å²) >= 11 is 3.26. The van der Waals surface area contributed by atoms with Crippen molar-refractivity contribution in [3.63, 3.8) is 0 Å². The van der Waals surface area contributed by atoms with Crippen LogP contribution in [0.25, 0.3) is 6.08 Å². The number of carboxylic acid groups (broad SMARTS) is 1. The number of halogens is 1. The molecule has 0 atom stereocenters. The Balaban J connectivity index is 2.01. The summed E-state index contributed by atoms with van der Waals surface area (Å²) in [4.78, 5) is 48.9. The number of barbiturate groups is 1. The predicted molar refractivity (Wildman–Crippen MR) is 104 cm³/mol. The lowest BCUT2D eigenvalue weighted by Gasteiger charge is -2.26.